The number of carbonyl (C=O) groups excluding carboxylic acids is 1. The zero-order chi connectivity index (χ0) is 21.1. The smallest absolute Gasteiger partial charge is 0.345 e. The van der Waals surface area contributed by atoms with Gasteiger partial charge < -0.3 is 9.15 Å². The van der Waals surface area contributed by atoms with E-state index in [1.165, 1.54) is 0 Å². The first-order valence-electron chi connectivity index (χ1n) is 10.1. The van der Waals surface area contributed by atoms with Crippen LogP contribution >= 0.6 is 0 Å². The molecule has 0 bridgehead atoms. The van der Waals surface area contributed by atoms with E-state index in [-0.39, 0.29) is 17.6 Å². The van der Waals surface area contributed by atoms with Crippen LogP contribution in [-0.4, -0.2) is 12.6 Å². The van der Waals surface area contributed by atoms with Crippen molar-refractivity contribution in [3.8, 4) is 22.3 Å². The molecule has 1 aromatic heterocycles. The normalized spacial score (nSPS) is 10.9. The van der Waals surface area contributed by atoms with Gasteiger partial charge >= 0.3 is 5.97 Å². The van der Waals surface area contributed by atoms with Crippen molar-refractivity contribution >= 4 is 16.9 Å². The van der Waals surface area contributed by atoms with Crippen LogP contribution in [0.4, 0.5) is 0 Å². The molecule has 0 unspecified atom stereocenters. The Labute approximate surface area is 174 Å². The van der Waals surface area contributed by atoms with Gasteiger partial charge in [-0.15, -0.1) is 0 Å². The summed E-state index contributed by atoms with van der Waals surface area (Å²) < 4.78 is 11.2. The Morgan fingerprint density at radius 2 is 1.43 bits per heavy atom. The summed E-state index contributed by atoms with van der Waals surface area (Å²) in [5.41, 5.74) is 3.96. The zero-order valence-corrected chi connectivity index (χ0v) is 17.0. The minimum atomic E-state index is -0.640. The maximum absolute atomic E-state index is 13.3. The van der Waals surface area contributed by atoms with Crippen molar-refractivity contribution in [2.24, 2.45) is 0 Å². The van der Waals surface area contributed by atoms with Crippen molar-refractivity contribution in [2.75, 3.05) is 6.61 Å². The molecule has 30 heavy (non-hydrogen) atoms. The molecule has 0 N–H and O–H groups in total. The minimum absolute atomic E-state index is 0.0154. The molecule has 0 fully saturated rings. The van der Waals surface area contributed by atoms with E-state index in [9.17, 15) is 9.59 Å². The first-order valence-corrected chi connectivity index (χ1v) is 10.1. The van der Waals surface area contributed by atoms with Gasteiger partial charge in [0.1, 0.15) is 16.9 Å². The second-order valence-corrected chi connectivity index (χ2v) is 6.93. The predicted octanol–water partition coefficient (Wildman–Crippen LogP) is 5.87. The van der Waals surface area contributed by atoms with Gasteiger partial charge in [-0.25, -0.2) is 4.79 Å². The fourth-order valence-corrected chi connectivity index (χ4v) is 3.66. The third-order valence-corrected chi connectivity index (χ3v) is 5.07. The monoisotopic (exact) mass is 398 g/mol. The van der Waals surface area contributed by atoms with Gasteiger partial charge in [-0.2, -0.15) is 0 Å². The van der Waals surface area contributed by atoms with Gasteiger partial charge in [0.05, 0.1) is 12.0 Å². The first-order chi connectivity index (χ1) is 14.6. The SMILES string of the molecule is CCOC(=O)c1c(CC)oc2cc(-c3ccccc3)c(-c3ccccc3)cc2c1=O. The zero-order valence-electron chi connectivity index (χ0n) is 17.0. The molecule has 0 atom stereocenters. The van der Waals surface area contributed by atoms with Gasteiger partial charge in [0.25, 0.3) is 0 Å². The van der Waals surface area contributed by atoms with Crippen molar-refractivity contribution in [1.82, 2.24) is 0 Å². The number of esters is 1. The van der Waals surface area contributed by atoms with Crippen molar-refractivity contribution in [3.63, 3.8) is 0 Å². The quantitative estimate of drug-likeness (QED) is 0.395. The minimum Gasteiger partial charge on any atom is -0.462 e. The van der Waals surface area contributed by atoms with E-state index in [0.29, 0.717) is 23.2 Å². The molecule has 0 spiro atoms. The summed E-state index contributed by atoms with van der Waals surface area (Å²) in [4.78, 5) is 25.7. The largest absolute Gasteiger partial charge is 0.462 e. The Kier molecular flexibility index (Phi) is 5.48. The van der Waals surface area contributed by atoms with E-state index in [1.54, 1.807) is 6.92 Å². The number of hydrogen-bond acceptors (Lipinski definition) is 4. The van der Waals surface area contributed by atoms with E-state index in [1.807, 2.05) is 79.7 Å². The summed E-state index contributed by atoms with van der Waals surface area (Å²) >= 11 is 0. The molecule has 0 amide bonds. The molecular formula is C26H22O4. The van der Waals surface area contributed by atoms with Gasteiger partial charge in [0.2, 0.25) is 5.43 Å². The third kappa shape index (κ3) is 3.52. The standard InChI is InChI=1S/C26H22O4/c1-3-22-24(26(28)29-4-2)25(27)21-15-19(17-11-7-5-8-12-17)20(16-23(21)30-22)18-13-9-6-10-14-18/h5-16H,3-4H2,1-2H3. The summed E-state index contributed by atoms with van der Waals surface area (Å²) in [7, 11) is 0. The highest BCUT2D eigenvalue weighted by molar-refractivity contribution is 5.98. The summed E-state index contributed by atoms with van der Waals surface area (Å²) in [6.07, 6.45) is 0.417. The van der Waals surface area contributed by atoms with Crippen molar-refractivity contribution in [2.45, 2.75) is 20.3 Å². The molecule has 150 valence electrons. The lowest BCUT2D eigenvalue weighted by atomic mass is 9.92. The van der Waals surface area contributed by atoms with Crippen LogP contribution in [0.25, 0.3) is 33.2 Å². The van der Waals surface area contributed by atoms with Crippen molar-refractivity contribution in [3.05, 3.63) is 94.3 Å². The van der Waals surface area contributed by atoms with Crippen LogP contribution in [0.2, 0.25) is 0 Å². The number of hydrogen-bond donors (Lipinski definition) is 0. The fourth-order valence-electron chi connectivity index (χ4n) is 3.66. The van der Waals surface area contributed by atoms with E-state index in [2.05, 4.69) is 0 Å². The molecule has 4 aromatic rings. The van der Waals surface area contributed by atoms with Gasteiger partial charge in [0.15, 0.2) is 0 Å². The summed E-state index contributed by atoms with van der Waals surface area (Å²) in [6, 6.07) is 23.6. The molecular weight excluding hydrogens is 376 g/mol. The first kappa shape index (κ1) is 19.6. The number of aryl methyl sites for hydroxylation is 1. The van der Waals surface area contributed by atoms with E-state index in [0.717, 1.165) is 22.3 Å². The number of carbonyl (C=O) groups is 1. The highest BCUT2D eigenvalue weighted by Crippen LogP contribution is 2.35. The summed E-state index contributed by atoms with van der Waals surface area (Å²) in [6.45, 7) is 3.76. The Bertz CT molecular complexity index is 1260. The molecule has 4 rings (SSSR count). The Balaban J connectivity index is 2.06. The van der Waals surface area contributed by atoms with Crippen LogP contribution in [-0.2, 0) is 11.2 Å². The lowest BCUT2D eigenvalue weighted by Gasteiger charge is -2.14. The average molecular weight is 398 g/mol. The Hall–Kier alpha value is -3.66. The summed E-state index contributed by atoms with van der Waals surface area (Å²) in [5, 5.41) is 0.369. The Morgan fingerprint density at radius 1 is 0.867 bits per heavy atom. The van der Waals surface area contributed by atoms with Gasteiger partial charge in [0, 0.05) is 6.42 Å². The van der Waals surface area contributed by atoms with Gasteiger partial charge in [-0.3, -0.25) is 4.79 Å². The second-order valence-electron chi connectivity index (χ2n) is 6.93. The average Bonchev–Trinajstić information content (AvgIpc) is 2.79. The molecule has 0 aliphatic carbocycles. The number of ether oxygens (including phenoxy) is 1. The summed E-state index contributed by atoms with van der Waals surface area (Å²) in [5.74, 6) is -0.296. The van der Waals surface area contributed by atoms with Crippen LogP contribution in [0.1, 0.15) is 30.0 Å². The number of fused-ring (bicyclic) bond motifs is 1. The second kappa shape index (κ2) is 8.37. The lowest BCUT2D eigenvalue weighted by molar-refractivity contribution is 0.0520. The van der Waals surface area contributed by atoms with E-state index >= 15 is 0 Å². The molecule has 3 aromatic carbocycles. The van der Waals surface area contributed by atoms with Crippen LogP contribution < -0.4 is 5.43 Å². The van der Waals surface area contributed by atoms with Crippen LogP contribution in [0, 0.1) is 0 Å². The molecule has 0 saturated heterocycles. The van der Waals surface area contributed by atoms with Crippen LogP contribution in [0.15, 0.2) is 82.0 Å². The molecule has 1 heterocycles. The van der Waals surface area contributed by atoms with Crippen LogP contribution in [0.3, 0.4) is 0 Å². The highest BCUT2D eigenvalue weighted by atomic mass is 16.5. The molecule has 4 nitrogen and oxygen atoms in total. The number of benzene rings is 3. The van der Waals surface area contributed by atoms with E-state index < -0.39 is 5.97 Å². The fraction of sp³-hybridized carbons (Fsp3) is 0.154. The van der Waals surface area contributed by atoms with Crippen LogP contribution in [0.5, 0.6) is 0 Å². The molecule has 0 saturated carbocycles. The molecule has 0 aliphatic heterocycles. The van der Waals surface area contributed by atoms with E-state index in [4.69, 9.17) is 9.15 Å². The lowest BCUT2D eigenvalue weighted by Crippen LogP contribution is -2.20. The van der Waals surface area contributed by atoms with Crippen molar-refractivity contribution < 1.29 is 13.9 Å². The molecule has 4 heteroatoms. The predicted molar refractivity (Wildman–Crippen MR) is 119 cm³/mol. The molecule has 0 aliphatic rings. The third-order valence-electron chi connectivity index (χ3n) is 5.07. The van der Waals surface area contributed by atoms with Gasteiger partial charge in [-0.05, 0) is 41.3 Å². The Morgan fingerprint density at radius 3 is 1.97 bits per heavy atom. The topological polar surface area (TPSA) is 56.5 Å². The molecule has 0 radical (unpaired) electrons. The maximum Gasteiger partial charge on any atom is 0.345 e. The van der Waals surface area contributed by atoms with Crippen molar-refractivity contribution in [1.29, 1.82) is 0 Å². The maximum atomic E-state index is 13.3. The number of rotatable bonds is 5. The van der Waals surface area contributed by atoms with Gasteiger partial charge in [-0.1, -0.05) is 67.6 Å². The highest BCUT2D eigenvalue weighted by Gasteiger charge is 2.22.